The number of nitrogens with zero attached hydrogens (tertiary/aromatic N) is 1. The summed E-state index contributed by atoms with van der Waals surface area (Å²) in [6.45, 7) is 12.6. The van der Waals surface area contributed by atoms with Gasteiger partial charge in [-0.1, -0.05) is 64.7 Å². The molecule has 1 atom stereocenters. The van der Waals surface area contributed by atoms with Crippen molar-refractivity contribution in [2.45, 2.75) is 97.6 Å². The third-order valence-electron chi connectivity index (χ3n) is 7.44. The van der Waals surface area contributed by atoms with Gasteiger partial charge in [0.25, 0.3) is 5.91 Å². The molecule has 39 heavy (non-hydrogen) atoms. The lowest BCUT2D eigenvalue weighted by atomic mass is 9.95. The van der Waals surface area contributed by atoms with Gasteiger partial charge >= 0.3 is 0 Å². The lowest BCUT2D eigenvalue weighted by Crippen LogP contribution is -2.36. The fraction of sp³-hybridized carbons (Fsp3) is 0.545. The summed E-state index contributed by atoms with van der Waals surface area (Å²) in [5.41, 5.74) is 3.30. The molecule has 1 unspecified atom stereocenters. The molecule has 6 heteroatoms. The number of carbonyl (C=O) groups is 2. The first kappa shape index (κ1) is 34.0. The Balaban J connectivity index is 0.000000584. The van der Waals surface area contributed by atoms with Gasteiger partial charge in [-0.25, -0.2) is 0 Å². The maximum atomic E-state index is 12.5. The van der Waals surface area contributed by atoms with Crippen LogP contribution in [-0.4, -0.2) is 44.6 Å². The minimum atomic E-state index is -0.0495. The van der Waals surface area contributed by atoms with E-state index in [0.29, 0.717) is 28.4 Å². The predicted molar refractivity (Wildman–Crippen MR) is 168 cm³/mol. The molecule has 2 rings (SSSR count). The van der Waals surface area contributed by atoms with Gasteiger partial charge in [-0.15, -0.1) is 0 Å². The predicted octanol–water partition coefficient (Wildman–Crippen LogP) is 7.56. The molecule has 1 aromatic rings. The standard InChI is InChI=1S/C23H29N3O2.C10H23N/c1-4-19(23(28)26-20-8-6-5-7-9-20)12-10-17(2)15-25-22-14-18(16-27)11-13-21(22)24-3;1-5-10(6-2)8-7-9(3)11-4/h4,10-16,20,24H,2,5-9H2,1,3H3,(H,26,28);9-11H,5-8H2,1-4H3/b12-10-,19-4+,25-15?;. The van der Waals surface area contributed by atoms with Gasteiger partial charge in [-0.05, 0) is 82.3 Å². The molecule has 0 radical (unpaired) electrons. The number of aldehydes is 1. The molecule has 0 bridgehead atoms. The van der Waals surface area contributed by atoms with Crippen LogP contribution >= 0.6 is 0 Å². The third-order valence-corrected chi connectivity index (χ3v) is 7.44. The number of hydrogen-bond donors (Lipinski definition) is 3. The summed E-state index contributed by atoms with van der Waals surface area (Å²) in [6.07, 6.45) is 18.8. The number of carbonyl (C=O) groups excluding carboxylic acids is 2. The maximum absolute atomic E-state index is 12.5. The largest absolute Gasteiger partial charge is 0.386 e. The van der Waals surface area contributed by atoms with E-state index in [0.717, 1.165) is 30.7 Å². The Morgan fingerprint density at radius 1 is 1.10 bits per heavy atom. The minimum Gasteiger partial charge on any atom is -0.386 e. The fourth-order valence-corrected chi connectivity index (χ4v) is 4.48. The molecule has 3 N–H and O–H groups in total. The van der Waals surface area contributed by atoms with E-state index in [-0.39, 0.29) is 11.9 Å². The highest BCUT2D eigenvalue weighted by atomic mass is 16.1. The van der Waals surface area contributed by atoms with Crippen molar-refractivity contribution in [1.29, 1.82) is 0 Å². The first-order valence-corrected chi connectivity index (χ1v) is 14.6. The second-order valence-electron chi connectivity index (χ2n) is 10.3. The van der Waals surface area contributed by atoms with E-state index in [9.17, 15) is 9.59 Å². The first-order chi connectivity index (χ1) is 18.8. The quantitative estimate of drug-likeness (QED) is 0.0991. The normalized spacial score (nSPS) is 15.2. The second kappa shape index (κ2) is 20.0. The van der Waals surface area contributed by atoms with Crippen LogP contribution in [0.4, 0.5) is 11.4 Å². The van der Waals surface area contributed by atoms with Crippen LogP contribution in [0.25, 0.3) is 0 Å². The Labute approximate surface area is 237 Å². The zero-order valence-corrected chi connectivity index (χ0v) is 25.2. The lowest BCUT2D eigenvalue weighted by molar-refractivity contribution is -0.118. The van der Waals surface area contributed by atoms with Crippen molar-refractivity contribution < 1.29 is 9.59 Å². The number of hydrogen-bond acceptors (Lipinski definition) is 5. The van der Waals surface area contributed by atoms with Crippen LogP contribution in [0, 0.1) is 5.92 Å². The van der Waals surface area contributed by atoms with Crippen molar-refractivity contribution in [3.63, 3.8) is 0 Å². The van der Waals surface area contributed by atoms with Crippen molar-refractivity contribution >= 4 is 29.8 Å². The number of anilines is 1. The van der Waals surface area contributed by atoms with Gasteiger partial charge in [-0.3, -0.25) is 14.6 Å². The molecule has 0 aromatic heterocycles. The summed E-state index contributed by atoms with van der Waals surface area (Å²) in [6, 6.07) is 6.22. The van der Waals surface area contributed by atoms with E-state index < -0.39 is 0 Å². The second-order valence-corrected chi connectivity index (χ2v) is 10.3. The van der Waals surface area contributed by atoms with Gasteiger partial charge in [0.05, 0.1) is 11.4 Å². The van der Waals surface area contributed by atoms with Crippen molar-refractivity contribution in [1.82, 2.24) is 10.6 Å². The number of aliphatic imine (C=N–C) groups is 1. The first-order valence-electron chi connectivity index (χ1n) is 14.6. The zero-order valence-electron chi connectivity index (χ0n) is 25.2. The van der Waals surface area contributed by atoms with Gasteiger partial charge in [-0.2, -0.15) is 0 Å². The molecule has 0 heterocycles. The molecule has 1 aliphatic rings. The average molecular weight is 537 g/mol. The van der Waals surface area contributed by atoms with E-state index in [1.165, 1.54) is 44.9 Å². The SMILES string of the molecule is C=C(C=Nc1cc(C=O)ccc1NC)/C=C\C(=C/C)C(=O)NC1CCCCC1.CCC(CC)CCC(C)NC. The topological polar surface area (TPSA) is 82.6 Å². The molecule has 6 nitrogen and oxygen atoms in total. The molecular weight excluding hydrogens is 484 g/mol. The summed E-state index contributed by atoms with van der Waals surface area (Å²) in [7, 11) is 3.84. The highest BCUT2D eigenvalue weighted by Crippen LogP contribution is 2.25. The van der Waals surface area contributed by atoms with Crippen LogP contribution in [0.5, 0.6) is 0 Å². The van der Waals surface area contributed by atoms with Crippen LogP contribution in [0.3, 0.4) is 0 Å². The highest BCUT2D eigenvalue weighted by Gasteiger charge is 2.16. The molecule has 0 spiro atoms. The number of rotatable bonds is 14. The molecule has 1 fully saturated rings. The van der Waals surface area contributed by atoms with E-state index in [1.807, 2.05) is 20.0 Å². The summed E-state index contributed by atoms with van der Waals surface area (Å²) in [5.74, 6) is 0.900. The Hall–Kier alpha value is -2.99. The van der Waals surface area contributed by atoms with Gasteiger partial charge < -0.3 is 16.0 Å². The van der Waals surface area contributed by atoms with Crippen LogP contribution in [0.1, 0.15) is 95.8 Å². The summed E-state index contributed by atoms with van der Waals surface area (Å²) >= 11 is 0. The Morgan fingerprint density at radius 3 is 2.36 bits per heavy atom. The van der Waals surface area contributed by atoms with Crippen molar-refractivity contribution in [3.05, 3.63) is 59.7 Å². The maximum Gasteiger partial charge on any atom is 0.251 e. The highest BCUT2D eigenvalue weighted by molar-refractivity contribution is 5.97. The Morgan fingerprint density at radius 2 is 1.79 bits per heavy atom. The average Bonchev–Trinajstić information content (AvgIpc) is 2.97. The molecule has 1 aliphatic carbocycles. The summed E-state index contributed by atoms with van der Waals surface area (Å²) in [4.78, 5) is 27.8. The molecule has 0 aliphatic heterocycles. The molecule has 1 amide bonds. The van der Waals surface area contributed by atoms with E-state index in [4.69, 9.17) is 0 Å². The molecule has 1 saturated carbocycles. The van der Waals surface area contributed by atoms with Crippen LogP contribution in [0.2, 0.25) is 0 Å². The van der Waals surface area contributed by atoms with E-state index >= 15 is 0 Å². The van der Waals surface area contributed by atoms with Crippen molar-refractivity contribution in [2.24, 2.45) is 10.9 Å². The third kappa shape index (κ3) is 13.6. The van der Waals surface area contributed by atoms with Crippen molar-refractivity contribution in [3.8, 4) is 0 Å². The van der Waals surface area contributed by atoms with Gasteiger partial charge in [0.15, 0.2) is 0 Å². The van der Waals surface area contributed by atoms with Gasteiger partial charge in [0.2, 0.25) is 0 Å². The Bertz CT molecular complexity index is 970. The summed E-state index contributed by atoms with van der Waals surface area (Å²) in [5, 5.41) is 9.43. The van der Waals surface area contributed by atoms with Crippen LogP contribution in [-0.2, 0) is 4.79 Å². The van der Waals surface area contributed by atoms with Crippen LogP contribution < -0.4 is 16.0 Å². The molecule has 216 valence electrons. The fourth-order valence-electron chi connectivity index (χ4n) is 4.48. The van der Waals surface area contributed by atoms with Gasteiger partial charge in [0, 0.05) is 36.5 Å². The molecule has 0 saturated heterocycles. The van der Waals surface area contributed by atoms with E-state index in [2.05, 4.69) is 48.3 Å². The Kier molecular flexibility index (Phi) is 17.4. The number of benzene rings is 1. The number of allylic oxidation sites excluding steroid dienone is 3. The molecular formula is C33H52N4O2. The summed E-state index contributed by atoms with van der Waals surface area (Å²) < 4.78 is 0. The number of nitrogens with one attached hydrogen (secondary N) is 3. The minimum absolute atomic E-state index is 0.0495. The molecule has 1 aromatic carbocycles. The van der Waals surface area contributed by atoms with E-state index in [1.54, 1.807) is 43.6 Å². The monoisotopic (exact) mass is 536 g/mol. The smallest absolute Gasteiger partial charge is 0.251 e. The lowest BCUT2D eigenvalue weighted by Gasteiger charge is -2.22. The number of amides is 1. The van der Waals surface area contributed by atoms with Crippen LogP contribution in [0.15, 0.2) is 59.1 Å². The van der Waals surface area contributed by atoms with Gasteiger partial charge in [0.1, 0.15) is 6.29 Å². The van der Waals surface area contributed by atoms with Crippen molar-refractivity contribution in [2.75, 3.05) is 19.4 Å². The zero-order chi connectivity index (χ0) is 29.0.